The summed E-state index contributed by atoms with van der Waals surface area (Å²) >= 11 is 0. The van der Waals surface area contributed by atoms with Crippen LogP contribution in [0.15, 0.2) is 85.3 Å². The summed E-state index contributed by atoms with van der Waals surface area (Å²) < 4.78 is 7.03. The molecule has 0 aliphatic carbocycles. The van der Waals surface area contributed by atoms with E-state index in [4.69, 9.17) is 4.74 Å². The number of pyridine rings is 1. The lowest BCUT2D eigenvalue weighted by Crippen LogP contribution is -2.38. The van der Waals surface area contributed by atoms with Gasteiger partial charge in [0.25, 0.3) is 5.91 Å². The molecule has 2 aromatic carbocycles. The van der Waals surface area contributed by atoms with Gasteiger partial charge in [-0.1, -0.05) is 30.3 Å². The first-order valence-corrected chi connectivity index (χ1v) is 12.9. The van der Waals surface area contributed by atoms with Gasteiger partial charge in [0.15, 0.2) is 5.82 Å². The predicted octanol–water partition coefficient (Wildman–Crippen LogP) is 4.87. The number of ether oxygens (including phenoxy) is 1. The minimum atomic E-state index is -0.0254. The van der Waals surface area contributed by atoms with E-state index in [0.29, 0.717) is 43.2 Å². The number of amides is 2. The number of para-hydroxylation sites is 1. The van der Waals surface area contributed by atoms with E-state index in [9.17, 15) is 9.59 Å². The fourth-order valence-electron chi connectivity index (χ4n) is 4.87. The number of aryl methyl sites for hydroxylation is 1. The Labute approximate surface area is 222 Å². The molecular weight excluding hydrogens is 478 g/mol. The molecule has 1 aliphatic rings. The third-order valence-corrected chi connectivity index (χ3v) is 7.00. The second-order valence-electron chi connectivity index (χ2n) is 9.40. The number of benzene rings is 2. The molecule has 0 saturated carbocycles. The van der Waals surface area contributed by atoms with Gasteiger partial charge in [0.2, 0.25) is 5.91 Å². The summed E-state index contributed by atoms with van der Waals surface area (Å²) in [6, 6.07) is 21.3. The fourth-order valence-corrected chi connectivity index (χ4v) is 4.87. The van der Waals surface area contributed by atoms with Crippen LogP contribution in [-0.4, -0.2) is 51.7 Å². The van der Waals surface area contributed by atoms with E-state index < -0.39 is 0 Å². The molecule has 0 spiro atoms. The maximum Gasteiger partial charge on any atom is 0.255 e. The van der Waals surface area contributed by atoms with Gasteiger partial charge in [0.1, 0.15) is 5.75 Å². The first kappa shape index (κ1) is 25.2. The summed E-state index contributed by atoms with van der Waals surface area (Å²) in [5.41, 5.74) is 3.63. The molecule has 0 atom stereocenters. The van der Waals surface area contributed by atoms with Gasteiger partial charge in [-0.2, -0.15) is 5.10 Å². The van der Waals surface area contributed by atoms with E-state index >= 15 is 0 Å². The zero-order valence-corrected chi connectivity index (χ0v) is 21.4. The van der Waals surface area contributed by atoms with Crippen LogP contribution in [0.5, 0.6) is 5.75 Å². The number of carbonyl (C=O) groups excluding carboxylic acids is 2. The zero-order chi connectivity index (χ0) is 26.3. The fraction of sp³-hybridized carbons (Fsp3) is 0.267. The summed E-state index contributed by atoms with van der Waals surface area (Å²) in [6.45, 7) is 1.40. The Morgan fingerprint density at radius 3 is 2.47 bits per heavy atom. The van der Waals surface area contributed by atoms with Crippen LogP contribution in [0.3, 0.4) is 0 Å². The highest BCUT2D eigenvalue weighted by Gasteiger charge is 2.25. The second-order valence-corrected chi connectivity index (χ2v) is 9.40. The Hall–Kier alpha value is -4.46. The Morgan fingerprint density at radius 1 is 1.00 bits per heavy atom. The Kier molecular flexibility index (Phi) is 7.78. The van der Waals surface area contributed by atoms with Crippen molar-refractivity contribution in [3.05, 3.63) is 102 Å². The molecule has 194 valence electrons. The SMILES string of the molecule is COc1ccccc1CCC(=O)Nc1ccc(C2CCN(C(=O)c3ccc(-n4cccn4)nc3)CC2)cc1. The number of aromatic nitrogens is 3. The van der Waals surface area contributed by atoms with Crippen LogP contribution in [0.2, 0.25) is 0 Å². The van der Waals surface area contributed by atoms with Crippen molar-refractivity contribution in [3.8, 4) is 11.6 Å². The second kappa shape index (κ2) is 11.7. The van der Waals surface area contributed by atoms with Crippen LogP contribution >= 0.6 is 0 Å². The largest absolute Gasteiger partial charge is 0.496 e. The lowest BCUT2D eigenvalue weighted by Gasteiger charge is -2.32. The minimum absolute atomic E-state index is 0.00847. The molecular formula is C30H31N5O3. The maximum atomic E-state index is 13.0. The molecule has 0 radical (unpaired) electrons. The quantitative estimate of drug-likeness (QED) is 0.366. The third-order valence-electron chi connectivity index (χ3n) is 7.00. The summed E-state index contributed by atoms with van der Waals surface area (Å²) in [6.07, 6.45) is 7.93. The van der Waals surface area contributed by atoms with Gasteiger partial charge < -0.3 is 15.0 Å². The number of likely N-dealkylation sites (tertiary alicyclic amines) is 1. The first-order valence-electron chi connectivity index (χ1n) is 12.9. The van der Waals surface area contributed by atoms with Crippen LogP contribution in [-0.2, 0) is 11.2 Å². The lowest BCUT2D eigenvalue weighted by atomic mass is 9.89. The van der Waals surface area contributed by atoms with Crippen LogP contribution < -0.4 is 10.1 Å². The Morgan fingerprint density at radius 2 is 1.79 bits per heavy atom. The summed E-state index contributed by atoms with van der Waals surface area (Å²) in [5.74, 6) is 1.85. The molecule has 1 fully saturated rings. The number of nitrogens with zero attached hydrogens (tertiary/aromatic N) is 4. The van der Waals surface area contributed by atoms with Crippen molar-refractivity contribution in [3.63, 3.8) is 0 Å². The number of nitrogens with one attached hydrogen (secondary N) is 1. The molecule has 3 heterocycles. The first-order chi connectivity index (χ1) is 18.6. The molecule has 1 saturated heterocycles. The number of rotatable bonds is 8. The number of anilines is 1. The van der Waals surface area contributed by atoms with Gasteiger partial charge >= 0.3 is 0 Å². The van der Waals surface area contributed by atoms with Gasteiger partial charge in [-0.3, -0.25) is 9.59 Å². The molecule has 4 aromatic rings. The highest BCUT2D eigenvalue weighted by atomic mass is 16.5. The Bertz CT molecular complexity index is 1360. The van der Waals surface area contributed by atoms with Crippen LogP contribution in [0, 0.1) is 0 Å². The molecule has 2 aromatic heterocycles. The maximum absolute atomic E-state index is 13.0. The van der Waals surface area contributed by atoms with Gasteiger partial charge in [0.05, 0.1) is 12.7 Å². The molecule has 1 aliphatic heterocycles. The van der Waals surface area contributed by atoms with Crippen molar-refractivity contribution >= 4 is 17.5 Å². The summed E-state index contributed by atoms with van der Waals surface area (Å²) in [4.78, 5) is 31.7. The zero-order valence-electron chi connectivity index (χ0n) is 21.4. The van der Waals surface area contributed by atoms with E-state index in [-0.39, 0.29) is 11.8 Å². The Balaban J connectivity index is 1.10. The van der Waals surface area contributed by atoms with Crippen molar-refractivity contribution in [1.82, 2.24) is 19.7 Å². The average molecular weight is 510 g/mol. The number of methoxy groups -OCH3 is 1. The standard InChI is InChI=1S/C30H31N5O3/c1-38-27-6-3-2-5-24(27)10-14-29(36)33-26-11-7-22(8-12-26)23-15-19-34(20-16-23)30(37)25-9-13-28(31-21-25)35-18-4-17-32-35/h2-9,11-13,17-18,21,23H,10,14-16,19-20H2,1H3,(H,33,36). The molecule has 0 unspecified atom stereocenters. The highest BCUT2D eigenvalue weighted by Crippen LogP contribution is 2.29. The van der Waals surface area contributed by atoms with Crippen molar-refractivity contribution in [2.75, 3.05) is 25.5 Å². The van der Waals surface area contributed by atoms with Crippen LogP contribution in [0.4, 0.5) is 5.69 Å². The van der Waals surface area contributed by atoms with E-state index in [1.165, 1.54) is 5.56 Å². The van der Waals surface area contributed by atoms with E-state index in [2.05, 4.69) is 27.5 Å². The summed E-state index contributed by atoms with van der Waals surface area (Å²) in [5, 5.41) is 7.16. The van der Waals surface area contributed by atoms with E-state index in [1.807, 2.05) is 65.7 Å². The molecule has 5 rings (SSSR count). The van der Waals surface area contributed by atoms with E-state index in [0.717, 1.165) is 29.8 Å². The van der Waals surface area contributed by atoms with Gasteiger partial charge in [-0.25, -0.2) is 9.67 Å². The number of piperidine rings is 1. The molecule has 0 bridgehead atoms. The van der Waals surface area contributed by atoms with Gasteiger partial charge in [-0.05, 0) is 72.7 Å². The van der Waals surface area contributed by atoms with Gasteiger partial charge in [0, 0.05) is 43.8 Å². The van der Waals surface area contributed by atoms with Crippen molar-refractivity contribution < 1.29 is 14.3 Å². The minimum Gasteiger partial charge on any atom is -0.496 e. The lowest BCUT2D eigenvalue weighted by molar-refractivity contribution is -0.116. The predicted molar refractivity (Wildman–Crippen MR) is 146 cm³/mol. The third kappa shape index (κ3) is 5.91. The summed E-state index contributed by atoms with van der Waals surface area (Å²) in [7, 11) is 1.64. The van der Waals surface area contributed by atoms with Crippen molar-refractivity contribution in [1.29, 1.82) is 0 Å². The smallest absolute Gasteiger partial charge is 0.255 e. The van der Waals surface area contributed by atoms with E-state index in [1.54, 1.807) is 24.2 Å². The average Bonchev–Trinajstić information content (AvgIpc) is 3.52. The number of carbonyl (C=O) groups is 2. The van der Waals surface area contributed by atoms with Gasteiger partial charge in [-0.15, -0.1) is 0 Å². The highest BCUT2D eigenvalue weighted by molar-refractivity contribution is 5.94. The van der Waals surface area contributed by atoms with Crippen molar-refractivity contribution in [2.45, 2.75) is 31.6 Å². The number of hydrogen-bond acceptors (Lipinski definition) is 5. The molecule has 8 heteroatoms. The van der Waals surface area contributed by atoms with Crippen molar-refractivity contribution in [2.24, 2.45) is 0 Å². The molecule has 8 nitrogen and oxygen atoms in total. The molecule has 1 N–H and O–H groups in total. The molecule has 38 heavy (non-hydrogen) atoms. The van der Waals surface area contributed by atoms with Crippen LogP contribution in [0.25, 0.3) is 5.82 Å². The van der Waals surface area contributed by atoms with Crippen LogP contribution in [0.1, 0.15) is 46.7 Å². The monoisotopic (exact) mass is 509 g/mol. The molecule has 2 amide bonds. The topological polar surface area (TPSA) is 89.4 Å². The normalized spacial score (nSPS) is 13.8. The number of hydrogen-bond donors (Lipinski definition) is 1.